The first-order valence-corrected chi connectivity index (χ1v) is 14.4. The first kappa shape index (κ1) is 20.8. The zero-order valence-corrected chi connectivity index (χ0v) is 20.1. The van der Waals surface area contributed by atoms with Gasteiger partial charge in [0.05, 0.1) is 5.69 Å². The third kappa shape index (κ3) is 5.10. The average Bonchev–Trinajstić information content (AvgIpc) is 2.92. The number of pyridine rings is 1. The molecule has 0 saturated carbocycles. The summed E-state index contributed by atoms with van der Waals surface area (Å²) in [6.45, 7) is 10.4. The SMILES string of the molecule is Cc1ccc(-c2nc3c(cc2CCl)nc(I)n3COCC[Si](C)(C)C)cc1. The molecule has 0 spiro atoms. The number of benzene rings is 1. The van der Waals surface area contributed by atoms with Crippen molar-refractivity contribution in [2.24, 2.45) is 0 Å². The molecule has 4 nitrogen and oxygen atoms in total. The molecular formula is C20H25ClIN3OSi. The third-order valence-corrected chi connectivity index (χ3v) is 7.25. The summed E-state index contributed by atoms with van der Waals surface area (Å²) in [6, 6.07) is 11.6. The molecule has 3 aromatic rings. The molecule has 0 aliphatic carbocycles. The van der Waals surface area contributed by atoms with Gasteiger partial charge < -0.3 is 4.74 Å². The first-order valence-electron chi connectivity index (χ1n) is 9.05. The summed E-state index contributed by atoms with van der Waals surface area (Å²) in [6.07, 6.45) is 0. The van der Waals surface area contributed by atoms with E-state index in [0.29, 0.717) is 12.6 Å². The van der Waals surface area contributed by atoms with Crippen molar-refractivity contribution >= 4 is 53.4 Å². The van der Waals surface area contributed by atoms with E-state index < -0.39 is 8.07 Å². The second-order valence-electron chi connectivity index (χ2n) is 8.00. The van der Waals surface area contributed by atoms with Gasteiger partial charge in [-0.05, 0) is 24.6 Å². The van der Waals surface area contributed by atoms with Crippen molar-refractivity contribution < 1.29 is 4.74 Å². The number of fused-ring (bicyclic) bond motifs is 1. The summed E-state index contributed by atoms with van der Waals surface area (Å²) in [7, 11) is -1.10. The standard InChI is InChI=1S/C20H25ClIN3OSi/c1-14-5-7-15(8-6-14)18-16(12-21)11-17-19(24-18)25(20(22)23-17)13-26-9-10-27(2,3)4/h5-8,11H,9-10,12-13H2,1-4H3. The summed E-state index contributed by atoms with van der Waals surface area (Å²) < 4.78 is 8.86. The summed E-state index contributed by atoms with van der Waals surface area (Å²) in [5.74, 6) is 0.405. The van der Waals surface area contributed by atoms with Crippen molar-refractivity contribution in [2.45, 2.75) is 45.2 Å². The topological polar surface area (TPSA) is 39.9 Å². The minimum Gasteiger partial charge on any atom is -0.361 e. The van der Waals surface area contributed by atoms with Crippen molar-refractivity contribution in [3.63, 3.8) is 0 Å². The molecule has 1 aromatic carbocycles. The van der Waals surface area contributed by atoms with Crippen molar-refractivity contribution in [1.82, 2.24) is 14.5 Å². The maximum absolute atomic E-state index is 6.21. The van der Waals surface area contributed by atoms with E-state index in [1.807, 2.05) is 10.6 Å². The van der Waals surface area contributed by atoms with Crippen molar-refractivity contribution in [2.75, 3.05) is 6.61 Å². The molecule has 0 saturated heterocycles. The number of ether oxygens (including phenoxy) is 1. The fraction of sp³-hybridized carbons (Fsp3) is 0.400. The molecule has 0 aliphatic rings. The Hall–Kier alpha value is -0.963. The average molecular weight is 514 g/mol. The molecular weight excluding hydrogens is 489 g/mol. The molecule has 0 aliphatic heterocycles. The molecule has 2 aromatic heterocycles. The summed E-state index contributed by atoms with van der Waals surface area (Å²) >= 11 is 8.45. The van der Waals surface area contributed by atoms with Gasteiger partial charge in [0.1, 0.15) is 12.2 Å². The lowest BCUT2D eigenvalue weighted by Gasteiger charge is -2.16. The van der Waals surface area contributed by atoms with E-state index in [1.54, 1.807) is 0 Å². The van der Waals surface area contributed by atoms with Gasteiger partial charge in [-0.2, -0.15) is 0 Å². The zero-order chi connectivity index (χ0) is 19.6. The Labute approximate surface area is 180 Å². The van der Waals surface area contributed by atoms with E-state index in [0.717, 1.165) is 44.5 Å². The lowest BCUT2D eigenvalue weighted by atomic mass is 10.1. The van der Waals surface area contributed by atoms with Gasteiger partial charge in [0.15, 0.2) is 9.48 Å². The van der Waals surface area contributed by atoms with Gasteiger partial charge in [-0.1, -0.05) is 49.5 Å². The number of imidazole rings is 1. The Morgan fingerprint density at radius 2 is 1.85 bits per heavy atom. The highest BCUT2D eigenvalue weighted by Crippen LogP contribution is 2.28. The summed E-state index contributed by atoms with van der Waals surface area (Å²) in [5.41, 5.74) is 5.91. The van der Waals surface area contributed by atoms with Crippen molar-refractivity contribution in [1.29, 1.82) is 0 Å². The van der Waals surface area contributed by atoms with Crippen LogP contribution in [-0.2, 0) is 17.3 Å². The number of halogens is 2. The summed E-state index contributed by atoms with van der Waals surface area (Å²) in [5, 5.41) is 0. The maximum Gasteiger partial charge on any atom is 0.175 e. The normalized spacial score (nSPS) is 12.1. The quantitative estimate of drug-likeness (QED) is 0.167. The van der Waals surface area contributed by atoms with E-state index >= 15 is 0 Å². The van der Waals surface area contributed by atoms with E-state index in [1.165, 1.54) is 5.56 Å². The van der Waals surface area contributed by atoms with Gasteiger partial charge in [-0.15, -0.1) is 11.6 Å². The van der Waals surface area contributed by atoms with Crippen molar-refractivity contribution in [3.05, 3.63) is 45.3 Å². The maximum atomic E-state index is 6.21. The highest BCUT2D eigenvalue weighted by molar-refractivity contribution is 14.1. The van der Waals surface area contributed by atoms with Crippen LogP contribution in [0.25, 0.3) is 22.4 Å². The highest BCUT2D eigenvalue weighted by Gasteiger charge is 2.16. The fourth-order valence-electron chi connectivity index (χ4n) is 2.77. The molecule has 0 atom stereocenters. The number of rotatable bonds is 7. The van der Waals surface area contributed by atoms with Gasteiger partial charge in [0, 0.05) is 48.7 Å². The molecule has 27 heavy (non-hydrogen) atoms. The molecule has 7 heteroatoms. The summed E-state index contributed by atoms with van der Waals surface area (Å²) in [4.78, 5) is 9.59. The first-order chi connectivity index (χ1) is 12.8. The molecule has 0 fully saturated rings. The van der Waals surface area contributed by atoms with E-state index in [4.69, 9.17) is 21.3 Å². The van der Waals surface area contributed by atoms with Crippen LogP contribution in [0.5, 0.6) is 0 Å². The predicted molar refractivity (Wildman–Crippen MR) is 124 cm³/mol. The molecule has 144 valence electrons. The molecule has 0 unspecified atom stereocenters. The van der Waals surface area contributed by atoms with Gasteiger partial charge in [0.25, 0.3) is 0 Å². The van der Waals surface area contributed by atoms with Gasteiger partial charge in [-0.25, -0.2) is 9.97 Å². The number of hydrogen-bond acceptors (Lipinski definition) is 3. The van der Waals surface area contributed by atoms with E-state index in [-0.39, 0.29) is 0 Å². The van der Waals surface area contributed by atoms with Crippen LogP contribution < -0.4 is 0 Å². The number of aromatic nitrogens is 3. The van der Waals surface area contributed by atoms with Crippen LogP contribution in [-0.4, -0.2) is 29.2 Å². The van der Waals surface area contributed by atoms with E-state index in [9.17, 15) is 0 Å². The van der Waals surface area contributed by atoms with Gasteiger partial charge >= 0.3 is 0 Å². The number of hydrogen-bond donors (Lipinski definition) is 0. The zero-order valence-electron chi connectivity index (χ0n) is 16.2. The van der Waals surface area contributed by atoms with Crippen molar-refractivity contribution in [3.8, 4) is 11.3 Å². The largest absolute Gasteiger partial charge is 0.361 e. The number of nitrogens with zero attached hydrogens (tertiary/aromatic N) is 3. The predicted octanol–water partition coefficient (Wildman–Crippen LogP) is 6.06. The highest BCUT2D eigenvalue weighted by atomic mass is 127. The second-order valence-corrected chi connectivity index (χ2v) is 14.8. The fourth-order valence-corrected chi connectivity index (χ4v) is 4.36. The third-order valence-electron chi connectivity index (χ3n) is 4.44. The Bertz CT molecular complexity index is 935. The van der Waals surface area contributed by atoms with Crippen LogP contribution in [0.2, 0.25) is 25.7 Å². The minimum absolute atomic E-state index is 0.405. The van der Waals surface area contributed by atoms with E-state index in [2.05, 4.69) is 78.4 Å². The Balaban J connectivity index is 1.94. The lowest BCUT2D eigenvalue weighted by Crippen LogP contribution is -2.22. The van der Waals surface area contributed by atoms with Crippen LogP contribution in [0.3, 0.4) is 0 Å². The molecule has 3 rings (SSSR count). The second kappa shape index (κ2) is 8.59. The Morgan fingerprint density at radius 1 is 1.15 bits per heavy atom. The van der Waals surface area contributed by atoms with Gasteiger partial charge in [-0.3, -0.25) is 4.57 Å². The van der Waals surface area contributed by atoms with Crippen LogP contribution in [0, 0.1) is 10.8 Å². The van der Waals surface area contributed by atoms with Crippen LogP contribution in [0.1, 0.15) is 11.1 Å². The Morgan fingerprint density at radius 3 is 2.48 bits per heavy atom. The van der Waals surface area contributed by atoms with Gasteiger partial charge in [0.2, 0.25) is 0 Å². The number of alkyl halides is 1. The molecule has 0 amide bonds. The molecule has 0 N–H and O–H groups in total. The monoisotopic (exact) mass is 513 g/mol. The smallest absolute Gasteiger partial charge is 0.175 e. The minimum atomic E-state index is -1.10. The van der Waals surface area contributed by atoms with Crippen LogP contribution >= 0.6 is 34.2 Å². The van der Waals surface area contributed by atoms with Crippen LogP contribution in [0.15, 0.2) is 30.3 Å². The van der Waals surface area contributed by atoms with Crippen LogP contribution in [0.4, 0.5) is 0 Å². The molecule has 2 heterocycles. The Kier molecular flexibility index (Phi) is 6.61. The molecule has 0 radical (unpaired) electrons. The molecule has 0 bridgehead atoms. The lowest BCUT2D eigenvalue weighted by molar-refractivity contribution is 0.0878. The number of aryl methyl sites for hydroxylation is 1.